The van der Waals surface area contributed by atoms with E-state index in [4.69, 9.17) is 9.63 Å². The average Bonchev–Trinajstić information content (AvgIpc) is 3.31. The van der Waals surface area contributed by atoms with E-state index < -0.39 is 17.6 Å². The van der Waals surface area contributed by atoms with Crippen LogP contribution in [0, 0.1) is 17.6 Å². The van der Waals surface area contributed by atoms with Gasteiger partial charge in [-0.15, -0.1) is 0 Å². The molecule has 0 unspecified atom stereocenters. The molecule has 1 N–H and O–H groups in total. The van der Waals surface area contributed by atoms with Crippen LogP contribution in [0.15, 0.2) is 53.1 Å². The molecule has 8 heteroatoms. The molecule has 5 rings (SSSR count). The molecule has 0 spiro atoms. The van der Waals surface area contributed by atoms with Crippen LogP contribution in [0.5, 0.6) is 0 Å². The number of carbonyl (C=O) groups is 1. The normalized spacial score (nSPS) is 18.6. The molecule has 3 aromatic rings. The Hall–Kier alpha value is -3.39. The van der Waals surface area contributed by atoms with Gasteiger partial charge in [0, 0.05) is 36.7 Å². The minimum atomic E-state index is -0.842. The van der Waals surface area contributed by atoms with Gasteiger partial charge in [-0.3, -0.25) is 9.69 Å². The molecule has 0 bridgehead atoms. The van der Waals surface area contributed by atoms with Crippen molar-refractivity contribution in [2.75, 3.05) is 13.1 Å². The van der Waals surface area contributed by atoms with Crippen LogP contribution in [0.4, 0.5) is 8.78 Å². The Bertz CT molecular complexity index is 1230. The number of aliphatic carboxylic acids is 1. The van der Waals surface area contributed by atoms with Gasteiger partial charge in [0.1, 0.15) is 0 Å². The molecule has 2 fully saturated rings. The molecule has 6 nitrogen and oxygen atoms in total. The Morgan fingerprint density at radius 2 is 1.83 bits per heavy atom. The number of carboxylic acids is 1. The van der Waals surface area contributed by atoms with Gasteiger partial charge in [0.2, 0.25) is 5.82 Å². The van der Waals surface area contributed by atoms with Gasteiger partial charge in [-0.25, -0.2) is 8.78 Å². The first kappa shape index (κ1) is 23.4. The number of benzene rings is 2. The van der Waals surface area contributed by atoms with E-state index in [9.17, 15) is 13.6 Å². The lowest BCUT2D eigenvalue weighted by Gasteiger charge is -2.36. The largest absolute Gasteiger partial charge is 0.481 e. The minimum absolute atomic E-state index is 0.269. The molecule has 1 aliphatic carbocycles. The van der Waals surface area contributed by atoms with Crippen molar-refractivity contribution in [3.8, 4) is 11.4 Å². The second-order valence-corrected chi connectivity index (χ2v) is 9.56. The molecule has 0 radical (unpaired) electrons. The molecule has 2 heterocycles. The van der Waals surface area contributed by atoms with Crippen LogP contribution in [-0.4, -0.2) is 39.2 Å². The quantitative estimate of drug-likeness (QED) is 0.486. The second-order valence-electron chi connectivity index (χ2n) is 9.56. The van der Waals surface area contributed by atoms with Crippen LogP contribution in [-0.2, 0) is 16.8 Å². The standard InChI is InChI=1S/C27H27F2N3O3/c28-22-9-8-21(14-23(22)29)27(11-2-1-3-12-27)13-10-24-30-25(31-35-24)19-6-4-18(5-7-19)15-32-16-20(17-32)26(33)34/h4-10,13-14,20H,1-3,11-12,15-17H2,(H,33,34). The van der Waals surface area contributed by atoms with Gasteiger partial charge in [0.15, 0.2) is 11.6 Å². The van der Waals surface area contributed by atoms with Gasteiger partial charge in [-0.2, -0.15) is 4.98 Å². The first-order valence-corrected chi connectivity index (χ1v) is 11.9. The van der Waals surface area contributed by atoms with Crippen molar-refractivity contribution >= 4 is 12.0 Å². The van der Waals surface area contributed by atoms with Gasteiger partial charge >= 0.3 is 5.97 Å². The van der Waals surface area contributed by atoms with Gasteiger partial charge < -0.3 is 9.63 Å². The van der Waals surface area contributed by atoms with E-state index >= 15 is 0 Å². The van der Waals surface area contributed by atoms with E-state index in [1.54, 1.807) is 12.1 Å². The van der Waals surface area contributed by atoms with Crippen molar-refractivity contribution in [2.45, 2.75) is 44.1 Å². The van der Waals surface area contributed by atoms with E-state index in [0.717, 1.165) is 48.8 Å². The zero-order valence-electron chi connectivity index (χ0n) is 19.3. The van der Waals surface area contributed by atoms with Crippen LogP contribution in [0.1, 0.15) is 49.1 Å². The number of likely N-dealkylation sites (tertiary alicyclic amines) is 1. The predicted molar refractivity (Wildman–Crippen MR) is 126 cm³/mol. The monoisotopic (exact) mass is 479 g/mol. The molecule has 2 aliphatic rings. The third-order valence-corrected chi connectivity index (χ3v) is 7.15. The maximum Gasteiger partial charge on any atom is 0.309 e. The molecule has 0 amide bonds. The molecule has 182 valence electrons. The number of aromatic nitrogens is 2. The van der Waals surface area contributed by atoms with E-state index in [0.29, 0.717) is 31.3 Å². The molecule has 1 saturated heterocycles. The van der Waals surface area contributed by atoms with Crippen LogP contribution in [0.3, 0.4) is 0 Å². The highest BCUT2D eigenvalue weighted by Crippen LogP contribution is 2.41. The summed E-state index contributed by atoms with van der Waals surface area (Å²) in [6.45, 7) is 1.85. The van der Waals surface area contributed by atoms with Crippen LogP contribution >= 0.6 is 0 Å². The Morgan fingerprint density at radius 3 is 2.51 bits per heavy atom. The van der Waals surface area contributed by atoms with Crippen molar-refractivity contribution in [2.24, 2.45) is 5.92 Å². The molecule has 1 saturated carbocycles. The Labute approximate surface area is 202 Å². The number of allylic oxidation sites excluding steroid dienone is 1. The summed E-state index contributed by atoms with van der Waals surface area (Å²) in [6, 6.07) is 12.0. The summed E-state index contributed by atoms with van der Waals surface area (Å²) in [7, 11) is 0. The van der Waals surface area contributed by atoms with Crippen molar-refractivity contribution in [3.63, 3.8) is 0 Å². The molecule has 2 aromatic carbocycles. The number of nitrogens with zero attached hydrogens (tertiary/aromatic N) is 3. The first-order valence-electron chi connectivity index (χ1n) is 11.9. The third kappa shape index (κ3) is 5.03. The maximum absolute atomic E-state index is 14.0. The molecule has 1 aliphatic heterocycles. The fourth-order valence-corrected chi connectivity index (χ4v) is 5.06. The van der Waals surface area contributed by atoms with Crippen molar-refractivity contribution in [1.82, 2.24) is 15.0 Å². The summed E-state index contributed by atoms with van der Waals surface area (Å²) >= 11 is 0. The average molecular weight is 480 g/mol. The smallest absolute Gasteiger partial charge is 0.309 e. The summed E-state index contributed by atoms with van der Waals surface area (Å²) < 4.78 is 32.9. The lowest BCUT2D eigenvalue weighted by atomic mass is 9.69. The van der Waals surface area contributed by atoms with E-state index in [1.165, 1.54) is 12.1 Å². The lowest BCUT2D eigenvalue weighted by Crippen LogP contribution is -2.49. The third-order valence-electron chi connectivity index (χ3n) is 7.15. The lowest BCUT2D eigenvalue weighted by molar-refractivity contribution is -0.147. The zero-order valence-corrected chi connectivity index (χ0v) is 19.3. The topological polar surface area (TPSA) is 79.5 Å². The fraction of sp³-hybridized carbons (Fsp3) is 0.370. The van der Waals surface area contributed by atoms with Crippen LogP contribution < -0.4 is 0 Å². The van der Waals surface area contributed by atoms with Gasteiger partial charge in [0.05, 0.1) is 5.92 Å². The number of halogens is 2. The van der Waals surface area contributed by atoms with Crippen LogP contribution in [0.25, 0.3) is 17.5 Å². The Balaban J connectivity index is 1.28. The zero-order chi connectivity index (χ0) is 24.4. The Kier molecular flexibility index (Phi) is 6.47. The second kappa shape index (κ2) is 9.70. The summed E-state index contributed by atoms with van der Waals surface area (Å²) in [6.07, 6.45) is 8.62. The Morgan fingerprint density at radius 1 is 1.09 bits per heavy atom. The van der Waals surface area contributed by atoms with E-state index in [1.807, 2.05) is 30.3 Å². The highest BCUT2D eigenvalue weighted by molar-refractivity contribution is 5.71. The summed E-state index contributed by atoms with van der Waals surface area (Å²) in [4.78, 5) is 17.5. The van der Waals surface area contributed by atoms with E-state index in [2.05, 4.69) is 15.0 Å². The summed E-state index contributed by atoms with van der Waals surface area (Å²) in [5, 5.41) is 13.1. The molecular weight excluding hydrogens is 452 g/mol. The minimum Gasteiger partial charge on any atom is -0.481 e. The van der Waals surface area contributed by atoms with Crippen molar-refractivity contribution in [1.29, 1.82) is 0 Å². The number of carboxylic acid groups (broad SMARTS) is 1. The van der Waals surface area contributed by atoms with Gasteiger partial charge in [-0.05, 0) is 36.1 Å². The first-order chi connectivity index (χ1) is 16.9. The number of hydrogen-bond donors (Lipinski definition) is 1. The summed E-state index contributed by atoms with van der Waals surface area (Å²) in [5.41, 5.74) is 2.28. The maximum atomic E-state index is 14.0. The molecule has 35 heavy (non-hydrogen) atoms. The SMILES string of the molecule is O=C(O)C1CN(Cc2ccc(-c3noc(C=CC4(c5ccc(F)c(F)c5)CCCCC4)n3)cc2)C1. The molecule has 0 atom stereocenters. The van der Waals surface area contributed by atoms with Gasteiger partial charge in [-0.1, -0.05) is 60.8 Å². The fourth-order valence-electron chi connectivity index (χ4n) is 5.06. The number of hydrogen-bond acceptors (Lipinski definition) is 5. The predicted octanol–water partition coefficient (Wildman–Crippen LogP) is 5.45. The van der Waals surface area contributed by atoms with Crippen molar-refractivity contribution < 1.29 is 23.2 Å². The van der Waals surface area contributed by atoms with Crippen LogP contribution in [0.2, 0.25) is 0 Å². The van der Waals surface area contributed by atoms with E-state index in [-0.39, 0.29) is 11.3 Å². The highest BCUT2D eigenvalue weighted by atomic mass is 19.2. The van der Waals surface area contributed by atoms with Gasteiger partial charge in [0.25, 0.3) is 5.89 Å². The number of rotatable bonds is 7. The highest BCUT2D eigenvalue weighted by Gasteiger charge is 2.33. The van der Waals surface area contributed by atoms with Crippen molar-refractivity contribution in [3.05, 3.63) is 77.2 Å². The summed E-state index contributed by atoms with van der Waals surface area (Å²) in [5.74, 6) is -1.85. The molecular formula is C27H27F2N3O3. The molecule has 1 aromatic heterocycles.